The molecule has 0 radical (unpaired) electrons. The zero-order chi connectivity index (χ0) is 14.2. The smallest absolute Gasteiger partial charge is 0.120 e. The second-order valence-corrected chi connectivity index (χ2v) is 5.00. The van der Waals surface area contributed by atoms with Gasteiger partial charge in [0.25, 0.3) is 0 Å². The summed E-state index contributed by atoms with van der Waals surface area (Å²) in [6.07, 6.45) is -0.271. The molecular weight excluding hydrogens is 250 g/mol. The van der Waals surface area contributed by atoms with Crippen LogP contribution in [0.1, 0.15) is 18.1 Å². The minimum Gasteiger partial charge on any atom is -0.489 e. The first kappa shape index (κ1) is 14.6. The summed E-state index contributed by atoms with van der Waals surface area (Å²) in [5.41, 5.74) is 2.37. The van der Waals surface area contributed by atoms with Crippen molar-refractivity contribution in [2.24, 2.45) is 0 Å². The Bertz CT molecular complexity index is 511. The minimum absolute atomic E-state index is 0.271. The molecule has 1 atom stereocenters. The van der Waals surface area contributed by atoms with Gasteiger partial charge in [0.15, 0.2) is 0 Å². The summed E-state index contributed by atoms with van der Waals surface area (Å²) in [6, 6.07) is 18.3. The van der Waals surface area contributed by atoms with Gasteiger partial charge in [0, 0.05) is 5.56 Å². The maximum Gasteiger partial charge on any atom is 0.120 e. The second-order valence-electron chi connectivity index (χ2n) is 5.00. The third-order valence-corrected chi connectivity index (χ3v) is 3.03. The standard InChI is InChI=1S/C17H21NO2/c1-14(19)11-18-12-16-8-5-9-17(10-16)20-13-15-6-3-2-4-7-15/h2-10,14,18-19H,11-13H2,1H3/p+1/t14-/m0/s1. The van der Waals surface area contributed by atoms with Crippen molar-refractivity contribution in [3.05, 3.63) is 65.7 Å². The highest BCUT2D eigenvalue weighted by molar-refractivity contribution is 5.28. The summed E-state index contributed by atoms with van der Waals surface area (Å²) < 4.78 is 5.80. The molecule has 0 aromatic heterocycles. The van der Waals surface area contributed by atoms with Crippen LogP contribution in [0.25, 0.3) is 0 Å². The Balaban J connectivity index is 1.86. The van der Waals surface area contributed by atoms with Crippen LogP contribution in [0, 0.1) is 0 Å². The van der Waals surface area contributed by atoms with Crippen molar-refractivity contribution in [2.45, 2.75) is 26.2 Å². The van der Waals surface area contributed by atoms with Gasteiger partial charge in [-0.05, 0) is 24.6 Å². The lowest BCUT2D eigenvalue weighted by atomic mass is 10.2. The fraction of sp³-hybridized carbons (Fsp3) is 0.294. The Morgan fingerprint density at radius 2 is 1.80 bits per heavy atom. The van der Waals surface area contributed by atoms with Crippen LogP contribution in [-0.2, 0) is 13.2 Å². The van der Waals surface area contributed by atoms with Crippen LogP contribution in [0.15, 0.2) is 54.6 Å². The molecule has 3 nitrogen and oxygen atoms in total. The van der Waals surface area contributed by atoms with E-state index in [9.17, 15) is 5.11 Å². The van der Waals surface area contributed by atoms with Crippen LogP contribution in [0.2, 0.25) is 0 Å². The van der Waals surface area contributed by atoms with Gasteiger partial charge in [-0.2, -0.15) is 0 Å². The van der Waals surface area contributed by atoms with E-state index in [1.165, 1.54) is 11.1 Å². The zero-order valence-electron chi connectivity index (χ0n) is 11.8. The Labute approximate surface area is 120 Å². The van der Waals surface area contributed by atoms with Crippen LogP contribution < -0.4 is 10.1 Å². The number of aliphatic hydroxyl groups excluding tert-OH is 1. The molecule has 0 heterocycles. The van der Waals surface area contributed by atoms with Gasteiger partial charge in [0.1, 0.15) is 25.4 Å². The maximum absolute atomic E-state index is 9.24. The van der Waals surface area contributed by atoms with Gasteiger partial charge < -0.3 is 15.2 Å². The SMILES string of the molecule is C[C@H](O)C[NH2+]Cc1cccc(OCc2ccccc2)c1. The molecule has 0 saturated heterocycles. The summed E-state index contributed by atoms with van der Waals surface area (Å²) in [5, 5.41) is 11.3. The molecule has 0 unspecified atom stereocenters. The molecule has 3 heteroatoms. The van der Waals surface area contributed by atoms with E-state index in [-0.39, 0.29) is 6.10 Å². The molecule has 2 aromatic rings. The Morgan fingerprint density at radius 3 is 2.55 bits per heavy atom. The van der Waals surface area contributed by atoms with Crippen molar-refractivity contribution in [2.75, 3.05) is 6.54 Å². The number of quaternary nitrogens is 1. The average Bonchev–Trinajstić information content (AvgIpc) is 2.46. The number of rotatable bonds is 7. The van der Waals surface area contributed by atoms with Gasteiger partial charge in [-0.1, -0.05) is 42.5 Å². The lowest BCUT2D eigenvalue weighted by molar-refractivity contribution is -0.676. The van der Waals surface area contributed by atoms with E-state index in [1.807, 2.05) is 30.3 Å². The fourth-order valence-electron chi connectivity index (χ4n) is 1.99. The molecule has 0 saturated carbocycles. The van der Waals surface area contributed by atoms with Crippen molar-refractivity contribution in [3.63, 3.8) is 0 Å². The highest BCUT2D eigenvalue weighted by Crippen LogP contribution is 2.14. The van der Waals surface area contributed by atoms with E-state index >= 15 is 0 Å². The van der Waals surface area contributed by atoms with E-state index < -0.39 is 0 Å². The summed E-state index contributed by atoms with van der Waals surface area (Å²) in [4.78, 5) is 0. The molecular formula is C17H22NO2+. The van der Waals surface area contributed by atoms with Crippen LogP contribution >= 0.6 is 0 Å². The monoisotopic (exact) mass is 272 g/mol. The van der Waals surface area contributed by atoms with Crippen molar-refractivity contribution in [3.8, 4) is 5.75 Å². The van der Waals surface area contributed by atoms with Gasteiger partial charge in [-0.25, -0.2) is 0 Å². The predicted molar refractivity (Wildman–Crippen MR) is 79.4 cm³/mol. The molecule has 0 fully saturated rings. The Hall–Kier alpha value is -1.84. The predicted octanol–water partition coefficient (Wildman–Crippen LogP) is 1.71. The second kappa shape index (κ2) is 7.68. The molecule has 3 N–H and O–H groups in total. The molecule has 0 aliphatic carbocycles. The molecule has 20 heavy (non-hydrogen) atoms. The van der Waals surface area contributed by atoms with Gasteiger partial charge in [-0.15, -0.1) is 0 Å². The first-order valence-corrected chi connectivity index (χ1v) is 6.99. The quantitative estimate of drug-likeness (QED) is 0.806. The van der Waals surface area contributed by atoms with Crippen molar-refractivity contribution in [1.82, 2.24) is 0 Å². The summed E-state index contributed by atoms with van der Waals surface area (Å²) in [5.74, 6) is 0.886. The largest absolute Gasteiger partial charge is 0.489 e. The Morgan fingerprint density at radius 1 is 1.05 bits per heavy atom. The maximum atomic E-state index is 9.24. The third-order valence-electron chi connectivity index (χ3n) is 3.03. The minimum atomic E-state index is -0.271. The first-order valence-electron chi connectivity index (χ1n) is 6.99. The van der Waals surface area contributed by atoms with Crippen LogP contribution in [-0.4, -0.2) is 17.8 Å². The lowest BCUT2D eigenvalue weighted by Gasteiger charge is -2.08. The molecule has 0 amide bonds. The summed E-state index contributed by atoms with van der Waals surface area (Å²) >= 11 is 0. The average molecular weight is 272 g/mol. The van der Waals surface area contributed by atoms with E-state index in [0.717, 1.165) is 18.8 Å². The topological polar surface area (TPSA) is 46.1 Å². The number of ether oxygens (including phenoxy) is 1. The van der Waals surface area contributed by atoms with Crippen molar-refractivity contribution < 1.29 is 15.2 Å². The molecule has 0 bridgehead atoms. The van der Waals surface area contributed by atoms with Gasteiger partial charge >= 0.3 is 0 Å². The van der Waals surface area contributed by atoms with Gasteiger partial charge in [0.2, 0.25) is 0 Å². The molecule has 2 aromatic carbocycles. The highest BCUT2D eigenvalue weighted by Gasteiger charge is 2.02. The van der Waals surface area contributed by atoms with Crippen LogP contribution in [0.3, 0.4) is 0 Å². The molecule has 106 valence electrons. The number of hydrogen-bond acceptors (Lipinski definition) is 2. The first-order chi connectivity index (χ1) is 9.74. The fourth-order valence-corrected chi connectivity index (χ4v) is 1.99. The molecule has 2 rings (SSSR count). The summed E-state index contributed by atoms with van der Waals surface area (Å²) in [7, 11) is 0. The van der Waals surface area contributed by atoms with E-state index in [0.29, 0.717) is 6.61 Å². The van der Waals surface area contributed by atoms with Gasteiger partial charge in [0.05, 0.1) is 6.10 Å². The number of benzene rings is 2. The number of aliphatic hydroxyl groups is 1. The number of hydrogen-bond donors (Lipinski definition) is 2. The third kappa shape index (κ3) is 5.03. The normalized spacial score (nSPS) is 12.1. The van der Waals surface area contributed by atoms with Gasteiger partial charge in [-0.3, -0.25) is 0 Å². The molecule has 0 aliphatic rings. The molecule has 0 spiro atoms. The Kier molecular flexibility index (Phi) is 5.59. The number of nitrogens with two attached hydrogens (primary N) is 1. The zero-order valence-corrected chi connectivity index (χ0v) is 11.8. The highest BCUT2D eigenvalue weighted by atomic mass is 16.5. The van der Waals surface area contributed by atoms with Crippen LogP contribution in [0.4, 0.5) is 0 Å². The van der Waals surface area contributed by atoms with E-state index in [2.05, 4.69) is 29.6 Å². The van der Waals surface area contributed by atoms with Crippen molar-refractivity contribution >= 4 is 0 Å². The van der Waals surface area contributed by atoms with E-state index in [1.54, 1.807) is 6.92 Å². The summed E-state index contributed by atoms with van der Waals surface area (Å²) in [6.45, 7) is 3.96. The lowest BCUT2D eigenvalue weighted by Crippen LogP contribution is -2.84. The van der Waals surface area contributed by atoms with E-state index in [4.69, 9.17) is 4.74 Å². The van der Waals surface area contributed by atoms with Crippen LogP contribution in [0.5, 0.6) is 5.75 Å². The molecule has 0 aliphatic heterocycles. The van der Waals surface area contributed by atoms with Crippen molar-refractivity contribution in [1.29, 1.82) is 0 Å².